The Bertz CT molecular complexity index is 383. The van der Waals surface area contributed by atoms with Gasteiger partial charge in [-0.15, -0.1) is 0 Å². The van der Waals surface area contributed by atoms with Crippen molar-refractivity contribution in [3.63, 3.8) is 0 Å². The molecule has 1 aromatic rings. The van der Waals surface area contributed by atoms with Crippen molar-refractivity contribution in [2.75, 3.05) is 6.54 Å². The van der Waals surface area contributed by atoms with Crippen LogP contribution >= 0.6 is 23.2 Å². The standard InChI is InChI=1S/C7H5Cl2F2N3/c8-5-3-1-12-2-7(10,11)4(3)13-6(9)14-5/h12H,1-2H2. The van der Waals surface area contributed by atoms with Crippen molar-refractivity contribution in [3.05, 3.63) is 21.7 Å². The fourth-order valence-electron chi connectivity index (χ4n) is 1.32. The lowest BCUT2D eigenvalue weighted by atomic mass is 10.1. The highest BCUT2D eigenvalue weighted by molar-refractivity contribution is 6.32. The molecule has 0 amide bonds. The van der Waals surface area contributed by atoms with E-state index in [9.17, 15) is 8.78 Å². The summed E-state index contributed by atoms with van der Waals surface area (Å²) in [6.45, 7) is -0.218. The summed E-state index contributed by atoms with van der Waals surface area (Å²) >= 11 is 11.1. The summed E-state index contributed by atoms with van der Waals surface area (Å²) in [7, 11) is 0. The summed E-state index contributed by atoms with van der Waals surface area (Å²) in [5.74, 6) is -3.04. The van der Waals surface area contributed by atoms with Crippen LogP contribution < -0.4 is 5.32 Å². The van der Waals surface area contributed by atoms with Crippen molar-refractivity contribution < 1.29 is 8.78 Å². The van der Waals surface area contributed by atoms with E-state index in [4.69, 9.17) is 23.2 Å². The highest BCUT2D eigenvalue weighted by Crippen LogP contribution is 2.34. The first kappa shape index (κ1) is 10.0. The van der Waals surface area contributed by atoms with Gasteiger partial charge in [0.2, 0.25) is 5.28 Å². The van der Waals surface area contributed by atoms with E-state index >= 15 is 0 Å². The molecule has 1 aliphatic rings. The zero-order chi connectivity index (χ0) is 10.3. The van der Waals surface area contributed by atoms with Crippen LogP contribution in [0.5, 0.6) is 0 Å². The molecule has 2 rings (SSSR count). The van der Waals surface area contributed by atoms with E-state index in [2.05, 4.69) is 15.3 Å². The molecule has 0 radical (unpaired) electrons. The molecule has 3 nitrogen and oxygen atoms in total. The predicted molar refractivity (Wildman–Crippen MR) is 47.7 cm³/mol. The molecule has 2 heterocycles. The average Bonchev–Trinajstić information content (AvgIpc) is 2.06. The summed E-state index contributed by atoms with van der Waals surface area (Å²) in [5.41, 5.74) is -0.159. The Kier molecular flexibility index (Phi) is 2.33. The highest BCUT2D eigenvalue weighted by atomic mass is 35.5. The van der Waals surface area contributed by atoms with Crippen molar-refractivity contribution in [2.45, 2.75) is 12.5 Å². The number of hydrogen-bond donors (Lipinski definition) is 1. The predicted octanol–water partition coefficient (Wildman–Crippen LogP) is 1.98. The SMILES string of the molecule is FC1(F)CNCc2c(Cl)nc(Cl)nc21. The van der Waals surface area contributed by atoms with Crippen LogP contribution in [-0.2, 0) is 12.5 Å². The first-order valence-corrected chi connectivity index (χ1v) is 4.57. The maximum Gasteiger partial charge on any atom is 0.302 e. The Morgan fingerprint density at radius 2 is 2.00 bits per heavy atom. The molecule has 1 aliphatic heterocycles. The van der Waals surface area contributed by atoms with Gasteiger partial charge in [0.1, 0.15) is 10.8 Å². The molecule has 14 heavy (non-hydrogen) atoms. The van der Waals surface area contributed by atoms with E-state index in [-0.39, 0.29) is 28.2 Å². The summed E-state index contributed by atoms with van der Waals surface area (Å²) in [4.78, 5) is 7.11. The van der Waals surface area contributed by atoms with Crippen LogP contribution in [-0.4, -0.2) is 16.5 Å². The molecule has 1 aromatic heterocycles. The molecule has 0 aliphatic carbocycles. The van der Waals surface area contributed by atoms with Gasteiger partial charge in [-0.3, -0.25) is 0 Å². The lowest BCUT2D eigenvalue weighted by molar-refractivity contribution is -0.0156. The number of aromatic nitrogens is 2. The maximum absolute atomic E-state index is 13.3. The van der Waals surface area contributed by atoms with Crippen LogP contribution in [0, 0.1) is 0 Å². The number of alkyl halides is 2. The Hall–Kier alpha value is -0.520. The highest BCUT2D eigenvalue weighted by Gasteiger charge is 2.40. The minimum Gasteiger partial charge on any atom is -0.307 e. The largest absolute Gasteiger partial charge is 0.307 e. The second-order valence-corrected chi connectivity index (χ2v) is 3.61. The van der Waals surface area contributed by atoms with Gasteiger partial charge in [-0.2, -0.15) is 8.78 Å². The van der Waals surface area contributed by atoms with Gasteiger partial charge < -0.3 is 5.32 Å². The van der Waals surface area contributed by atoms with Crippen LogP contribution in [0.15, 0.2) is 0 Å². The van der Waals surface area contributed by atoms with E-state index in [1.807, 2.05) is 0 Å². The number of rotatable bonds is 0. The summed E-state index contributed by atoms with van der Waals surface area (Å²) in [5, 5.41) is 2.26. The molecule has 0 fully saturated rings. The Morgan fingerprint density at radius 3 is 2.71 bits per heavy atom. The van der Waals surface area contributed by atoms with Gasteiger partial charge in [0.25, 0.3) is 0 Å². The van der Waals surface area contributed by atoms with Crippen molar-refractivity contribution in [2.24, 2.45) is 0 Å². The molecule has 0 atom stereocenters. The van der Waals surface area contributed by atoms with Crippen molar-refractivity contribution in [3.8, 4) is 0 Å². The third kappa shape index (κ3) is 1.55. The average molecular weight is 240 g/mol. The van der Waals surface area contributed by atoms with Crippen LogP contribution in [0.1, 0.15) is 11.3 Å². The normalized spacial score (nSPS) is 19.1. The molecule has 76 valence electrons. The lowest BCUT2D eigenvalue weighted by Gasteiger charge is -2.24. The van der Waals surface area contributed by atoms with Gasteiger partial charge in [-0.05, 0) is 11.6 Å². The lowest BCUT2D eigenvalue weighted by Crippen LogP contribution is -2.38. The van der Waals surface area contributed by atoms with Gasteiger partial charge in [0, 0.05) is 12.1 Å². The minimum atomic E-state index is -3.04. The Balaban J connectivity index is 2.63. The molecule has 7 heteroatoms. The first-order valence-electron chi connectivity index (χ1n) is 3.81. The smallest absolute Gasteiger partial charge is 0.302 e. The van der Waals surface area contributed by atoms with E-state index in [1.165, 1.54) is 0 Å². The number of nitrogens with one attached hydrogen (secondary N) is 1. The molecular weight excluding hydrogens is 235 g/mol. The molecule has 0 unspecified atom stereocenters. The third-order valence-corrected chi connectivity index (χ3v) is 2.41. The van der Waals surface area contributed by atoms with Gasteiger partial charge in [0.15, 0.2) is 0 Å². The van der Waals surface area contributed by atoms with Crippen LogP contribution in [0.4, 0.5) is 8.78 Å². The second-order valence-electron chi connectivity index (χ2n) is 2.92. The second kappa shape index (κ2) is 3.25. The fraction of sp³-hybridized carbons (Fsp3) is 0.429. The number of hydrogen-bond acceptors (Lipinski definition) is 3. The van der Waals surface area contributed by atoms with Gasteiger partial charge in [0.05, 0.1) is 6.54 Å². The van der Waals surface area contributed by atoms with Gasteiger partial charge in [-0.1, -0.05) is 11.6 Å². The molecule has 0 saturated carbocycles. The summed E-state index contributed by atoms with van der Waals surface area (Å²) < 4.78 is 26.6. The molecular formula is C7H5Cl2F2N3. The fourth-order valence-corrected chi connectivity index (χ4v) is 1.77. The maximum atomic E-state index is 13.3. The molecule has 0 spiro atoms. The minimum absolute atomic E-state index is 0.0214. The third-order valence-electron chi connectivity index (χ3n) is 1.92. The molecule has 0 saturated heterocycles. The Labute approximate surface area is 88.4 Å². The summed E-state index contributed by atoms with van der Waals surface area (Å²) in [6.07, 6.45) is 0. The van der Waals surface area contributed by atoms with Crippen LogP contribution in [0.3, 0.4) is 0 Å². The quantitative estimate of drug-likeness (QED) is 0.556. The van der Waals surface area contributed by atoms with E-state index in [0.717, 1.165) is 0 Å². The van der Waals surface area contributed by atoms with Gasteiger partial charge >= 0.3 is 5.92 Å². The first-order chi connectivity index (χ1) is 6.50. The van der Waals surface area contributed by atoms with Crippen molar-refractivity contribution in [1.29, 1.82) is 0 Å². The van der Waals surface area contributed by atoms with Crippen LogP contribution in [0.25, 0.3) is 0 Å². The summed E-state index contributed by atoms with van der Waals surface area (Å²) in [6, 6.07) is 0. The molecule has 0 bridgehead atoms. The number of fused-ring (bicyclic) bond motifs is 1. The monoisotopic (exact) mass is 239 g/mol. The zero-order valence-electron chi connectivity index (χ0n) is 6.82. The van der Waals surface area contributed by atoms with Crippen LogP contribution in [0.2, 0.25) is 10.4 Å². The number of nitrogens with zero attached hydrogens (tertiary/aromatic N) is 2. The van der Waals surface area contributed by atoms with E-state index in [0.29, 0.717) is 0 Å². The Morgan fingerprint density at radius 1 is 1.29 bits per heavy atom. The van der Waals surface area contributed by atoms with E-state index < -0.39 is 12.5 Å². The topological polar surface area (TPSA) is 37.8 Å². The zero-order valence-corrected chi connectivity index (χ0v) is 8.33. The molecule has 0 aromatic carbocycles. The van der Waals surface area contributed by atoms with Crippen molar-refractivity contribution in [1.82, 2.24) is 15.3 Å². The van der Waals surface area contributed by atoms with Gasteiger partial charge in [-0.25, -0.2) is 9.97 Å². The number of halogens is 4. The molecule has 1 N–H and O–H groups in total. The van der Waals surface area contributed by atoms with E-state index in [1.54, 1.807) is 0 Å². The van der Waals surface area contributed by atoms with Crippen molar-refractivity contribution >= 4 is 23.2 Å².